The van der Waals surface area contributed by atoms with Crippen LogP contribution in [0.25, 0.3) is 0 Å². The summed E-state index contributed by atoms with van der Waals surface area (Å²) < 4.78 is 17.1. The Balaban J connectivity index is 1.94. The average Bonchev–Trinajstić information content (AvgIpc) is 3.36. The lowest BCUT2D eigenvalue weighted by Crippen LogP contribution is -2.46. The predicted molar refractivity (Wildman–Crippen MR) is 101 cm³/mol. The molecule has 1 fully saturated rings. The number of hydrogen-bond donors (Lipinski definition) is 1. The van der Waals surface area contributed by atoms with E-state index < -0.39 is 17.8 Å². The van der Waals surface area contributed by atoms with E-state index >= 15 is 0 Å². The van der Waals surface area contributed by atoms with Crippen LogP contribution >= 0.6 is 11.5 Å². The molecule has 8 heteroatoms. The summed E-state index contributed by atoms with van der Waals surface area (Å²) in [7, 11) is 0. The SMILES string of the molecule is C=CCN(C(=O)c1csnn1)[C@H](C(=O)NC1CCCC1)c1ccc(F)cc1. The standard InChI is InChI=1S/C19H21FN4O2S/c1-2-11-24(19(26)16-12-27-23-22-16)17(13-7-9-14(20)10-8-13)18(25)21-15-5-3-4-6-15/h2,7-10,12,15,17H,1,3-6,11H2,(H,21,25)/t17-/m0/s1. The van der Waals surface area contributed by atoms with E-state index in [-0.39, 0.29) is 24.2 Å². The van der Waals surface area contributed by atoms with Crippen molar-refractivity contribution >= 4 is 23.3 Å². The van der Waals surface area contributed by atoms with Crippen LogP contribution in [0.5, 0.6) is 0 Å². The molecule has 0 radical (unpaired) electrons. The number of nitrogens with zero attached hydrogens (tertiary/aromatic N) is 3. The second-order valence-corrected chi connectivity index (χ2v) is 7.09. The highest BCUT2D eigenvalue weighted by molar-refractivity contribution is 7.03. The molecule has 1 atom stereocenters. The zero-order valence-electron chi connectivity index (χ0n) is 14.8. The van der Waals surface area contributed by atoms with Gasteiger partial charge in [-0.15, -0.1) is 11.7 Å². The fourth-order valence-electron chi connectivity index (χ4n) is 3.32. The molecule has 1 aromatic heterocycles. The highest BCUT2D eigenvalue weighted by Gasteiger charge is 2.33. The topological polar surface area (TPSA) is 75.2 Å². The zero-order chi connectivity index (χ0) is 19.2. The Morgan fingerprint density at radius 2 is 2.04 bits per heavy atom. The number of rotatable bonds is 7. The highest BCUT2D eigenvalue weighted by atomic mass is 32.1. The number of benzene rings is 1. The second-order valence-electron chi connectivity index (χ2n) is 6.48. The molecule has 0 spiro atoms. The number of carbonyl (C=O) groups excluding carboxylic acids is 2. The van der Waals surface area contributed by atoms with Crippen molar-refractivity contribution in [3.8, 4) is 0 Å². The van der Waals surface area contributed by atoms with E-state index in [0.29, 0.717) is 5.56 Å². The molecule has 2 aromatic rings. The molecule has 142 valence electrons. The van der Waals surface area contributed by atoms with Crippen LogP contribution < -0.4 is 5.32 Å². The Kier molecular flexibility index (Phi) is 6.28. The number of amides is 2. The molecular weight excluding hydrogens is 367 g/mol. The van der Waals surface area contributed by atoms with Crippen molar-refractivity contribution in [1.29, 1.82) is 0 Å². The van der Waals surface area contributed by atoms with Crippen molar-refractivity contribution in [2.45, 2.75) is 37.8 Å². The lowest BCUT2D eigenvalue weighted by Gasteiger charge is -2.31. The van der Waals surface area contributed by atoms with Crippen molar-refractivity contribution in [2.75, 3.05) is 6.54 Å². The predicted octanol–water partition coefficient (Wildman–Crippen LogP) is 3.11. The summed E-state index contributed by atoms with van der Waals surface area (Å²) in [5.74, 6) is -1.11. The Bertz CT molecular complexity index is 789. The van der Waals surface area contributed by atoms with Crippen molar-refractivity contribution in [2.24, 2.45) is 0 Å². The van der Waals surface area contributed by atoms with Gasteiger partial charge in [0.1, 0.15) is 11.9 Å². The summed E-state index contributed by atoms with van der Waals surface area (Å²) in [6.07, 6.45) is 5.55. The average molecular weight is 388 g/mol. The van der Waals surface area contributed by atoms with Gasteiger partial charge in [0.25, 0.3) is 5.91 Å². The van der Waals surface area contributed by atoms with Gasteiger partial charge in [0.2, 0.25) is 5.91 Å². The van der Waals surface area contributed by atoms with E-state index in [9.17, 15) is 14.0 Å². The van der Waals surface area contributed by atoms with Gasteiger partial charge in [0.15, 0.2) is 5.69 Å². The fourth-order valence-corrected chi connectivity index (χ4v) is 3.75. The van der Waals surface area contributed by atoms with Gasteiger partial charge in [-0.05, 0) is 42.1 Å². The van der Waals surface area contributed by atoms with Crippen LogP contribution in [0.4, 0.5) is 4.39 Å². The molecule has 1 N–H and O–H groups in total. The molecule has 6 nitrogen and oxygen atoms in total. The molecule has 27 heavy (non-hydrogen) atoms. The van der Waals surface area contributed by atoms with Gasteiger partial charge in [0.05, 0.1) is 0 Å². The monoisotopic (exact) mass is 388 g/mol. The first-order chi connectivity index (χ1) is 13.1. The minimum Gasteiger partial charge on any atom is -0.351 e. The smallest absolute Gasteiger partial charge is 0.276 e. The quantitative estimate of drug-likeness (QED) is 0.740. The number of carbonyl (C=O) groups is 2. The summed E-state index contributed by atoms with van der Waals surface area (Å²) in [5.41, 5.74) is 0.702. The molecule has 0 aliphatic heterocycles. The summed E-state index contributed by atoms with van der Waals surface area (Å²) in [5, 5.41) is 8.40. The van der Waals surface area contributed by atoms with E-state index in [1.54, 1.807) is 6.08 Å². The van der Waals surface area contributed by atoms with Gasteiger partial charge in [-0.2, -0.15) is 0 Å². The first kappa shape index (κ1) is 19.2. The third-order valence-electron chi connectivity index (χ3n) is 4.61. The Morgan fingerprint density at radius 1 is 1.33 bits per heavy atom. The van der Waals surface area contributed by atoms with Crippen molar-refractivity contribution < 1.29 is 14.0 Å². The molecule has 1 saturated carbocycles. The maximum Gasteiger partial charge on any atom is 0.276 e. The van der Waals surface area contributed by atoms with Gasteiger partial charge in [-0.1, -0.05) is 35.5 Å². The molecule has 1 aromatic carbocycles. The van der Waals surface area contributed by atoms with Crippen molar-refractivity contribution in [3.05, 3.63) is 59.4 Å². The van der Waals surface area contributed by atoms with E-state index in [2.05, 4.69) is 21.5 Å². The van der Waals surface area contributed by atoms with Gasteiger partial charge in [-0.3, -0.25) is 9.59 Å². The van der Waals surface area contributed by atoms with Crippen LogP contribution in [0.2, 0.25) is 0 Å². The van der Waals surface area contributed by atoms with Crippen molar-refractivity contribution in [3.63, 3.8) is 0 Å². The molecule has 2 amide bonds. The molecule has 0 unspecified atom stereocenters. The molecule has 1 aliphatic rings. The van der Waals surface area contributed by atoms with Crippen LogP contribution in [0.1, 0.15) is 47.8 Å². The maximum atomic E-state index is 13.4. The molecule has 3 rings (SSSR count). The zero-order valence-corrected chi connectivity index (χ0v) is 15.6. The van der Waals surface area contributed by atoms with Gasteiger partial charge in [-0.25, -0.2) is 4.39 Å². The largest absolute Gasteiger partial charge is 0.351 e. The third kappa shape index (κ3) is 4.57. The Morgan fingerprint density at radius 3 is 2.63 bits per heavy atom. The molecule has 0 saturated heterocycles. The van der Waals surface area contributed by atoms with E-state index in [1.807, 2.05) is 0 Å². The van der Waals surface area contributed by atoms with Gasteiger partial charge >= 0.3 is 0 Å². The van der Waals surface area contributed by atoms with Crippen LogP contribution in [0.15, 0.2) is 42.3 Å². The van der Waals surface area contributed by atoms with Crippen LogP contribution in [0.3, 0.4) is 0 Å². The normalized spacial score (nSPS) is 15.3. The lowest BCUT2D eigenvalue weighted by atomic mass is 10.0. The summed E-state index contributed by atoms with van der Waals surface area (Å²) in [6.45, 7) is 3.85. The number of halogens is 1. The van der Waals surface area contributed by atoms with E-state index in [4.69, 9.17) is 0 Å². The number of aromatic nitrogens is 2. The third-order valence-corrected chi connectivity index (χ3v) is 5.12. The van der Waals surface area contributed by atoms with Gasteiger partial charge in [0, 0.05) is 18.0 Å². The first-order valence-corrected chi connectivity index (χ1v) is 9.68. The summed E-state index contributed by atoms with van der Waals surface area (Å²) in [4.78, 5) is 27.4. The Hall–Kier alpha value is -2.61. The van der Waals surface area contributed by atoms with Gasteiger partial charge < -0.3 is 10.2 Å². The molecule has 0 bridgehead atoms. The van der Waals surface area contributed by atoms with E-state index in [1.165, 1.54) is 34.5 Å². The molecule has 1 aliphatic carbocycles. The molecule has 1 heterocycles. The lowest BCUT2D eigenvalue weighted by molar-refractivity contribution is -0.126. The summed E-state index contributed by atoms with van der Waals surface area (Å²) in [6, 6.07) is 4.81. The number of hydrogen-bond acceptors (Lipinski definition) is 5. The minimum absolute atomic E-state index is 0.0991. The maximum absolute atomic E-state index is 13.4. The summed E-state index contributed by atoms with van der Waals surface area (Å²) >= 11 is 1.06. The highest BCUT2D eigenvalue weighted by Crippen LogP contribution is 2.26. The van der Waals surface area contributed by atoms with Crippen LogP contribution in [-0.2, 0) is 4.79 Å². The van der Waals surface area contributed by atoms with Crippen LogP contribution in [-0.4, -0.2) is 38.9 Å². The fraction of sp³-hybridized carbons (Fsp3) is 0.368. The Labute approximate surface area is 161 Å². The van der Waals surface area contributed by atoms with E-state index in [0.717, 1.165) is 37.2 Å². The second kappa shape index (κ2) is 8.85. The molecular formula is C19H21FN4O2S. The first-order valence-electron chi connectivity index (χ1n) is 8.85. The van der Waals surface area contributed by atoms with Crippen LogP contribution in [0, 0.1) is 5.82 Å². The number of nitrogens with one attached hydrogen (secondary N) is 1. The van der Waals surface area contributed by atoms with Crippen molar-refractivity contribution in [1.82, 2.24) is 19.8 Å². The minimum atomic E-state index is -0.904.